The number of amides is 1. The van der Waals surface area contributed by atoms with E-state index in [4.69, 9.17) is 5.73 Å². The molecule has 1 aromatic heterocycles. The first kappa shape index (κ1) is 16.6. The van der Waals surface area contributed by atoms with Gasteiger partial charge in [0.25, 0.3) is 0 Å². The number of aryl methyl sites for hydroxylation is 2. The van der Waals surface area contributed by atoms with Crippen LogP contribution in [-0.2, 0) is 11.3 Å². The lowest BCUT2D eigenvalue weighted by molar-refractivity contribution is -0.124. The summed E-state index contributed by atoms with van der Waals surface area (Å²) < 4.78 is 15.2. The van der Waals surface area contributed by atoms with Crippen molar-refractivity contribution < 1.29 is 9.18 Å². The molecule has 1 fully saturated rings. The Morgan fingerprint density at radius 1 is 1.38 bits per heavy atom. The van der Waals surface area contributed by atoms with Crippen molar-refractivity contribution >= 4 is 5.91 Å². The van der Waals surface area contributed by atoms with Gasteiger partial charge in [0.1, 0.15) is 11.9 Å². The van der Waals surface area contributed by atoms with Crippen molar-refractivity contribution in [3.05, 3.63) is 53.1 Å². The number of carbonyl (C=O) groups excluding carboxylic acids is 1. The van der Waals surface area contributed by atoms with Crippen molar-refractivity contribution in [1.29, 1.82) is 0 Å². The highest BCUT2D eigenvalue weighted by Crippen LogP contribution is 2.30. The Morgan fingerprint density at radius 3 is 2.67 bits per heavy atom. The van der Waals surface area contributed by atoms with Crippen molar-refractivity contribution in [2.45, 2.75) is 45.3 Å². The van der Waals surface area contributed by atoms with Crippen LogP contribution in [0.2, 0.25) is 0 Å². The molecule has 3 rings (SSSR count). The zero-order valence-corrected chi connectivity index (χ0v) is 14.1. The Hall–Kier alpha value is -2.21. The number of primary amides is 1. The number of carbonyl (C=O) groups is 1. The minimum atomic E-state index is -0.532. The lowest BCUT2D eigenvalue weighted by Crippen LogP contribution is -2.42. The van der Waals surface area contributed by atoms with E-state index in [9.17, 15) is 9.18 Å². The summed E-state index contributed by atoms with van der Waals surface area (Å²) in [6.07, 6.45) is 2.00. The summed E-state index contributed by atoms with van der Waals surface area (Å²) in [6, 6.07) is 7.73. The van der Waals surface area contributed by atoms with Crippen LogP contribution in [-0.4, -0.2) is 33.2 Å². The van der Waals surface area contributed by atoms with Gasteiger partial charge in [0.15, 0.2) is 0 Å². The van der Waals surface area contributed by atoms with Crippen LogP contribution in [0.3, 0.4) is 0 Å². The Kier molecular flexibility index (Phi) is 4.66. The number of rotatable bonds is 5. The van der Waals surface area contributed by atoms with Gasteiger partial charge in [0.05, 0.1) is 12.2 Å². The molecule has 1 saturated heterocycles. The van der Waals surface area contributed by atoms with Gasteiger partial charge in [-0.3, -0.25) is 14.4 Å². The van der Waals surface area contributed by atoms with E-state index in [0.29, 0.717) is 0 Å². The van der Waals surface area contributed by atoms with E-state index in [1.54, 1.807) is 12.1 Å². The highest BCUT2D eigenvalue weighted by atomic mass is 19.1. The molecule has 2 N–H and O–H groups in total. The average molecular weight is 330 g/mol. The molecular weight excluding hydrogens is 307 g/mol. The van der Waals surface area contributed by atoms with Gasteiger partial charge in [-0.2, -0.15) is 5.10 Å². The van der Waals surface area contributed by atoms with E-state index in [1.807, 2.05) is 24.6 Å². The number of likely N-dealkylation sites (tertiary alicyclic amines) is 1. The van der Waals surface area contributed by atoms with E-state index >= 15 is 0 Å². The van der Waals surface area contributed by atoms with Crippen LogP contribution in [0.1, 0.15) is 35.8 Å². The summed E-state index contributed by atoms with van der Waals surface area (Å²) in [5.74, 6) is -0.718. The molecule has 0 radical (unpaired) electrons. The van der Waals surface area contributed by atoms with Crippen LogP contribution >= 0.6 is 0 Å². The van der Waals surface area contributed by atoms with Crippen molar-refractivity contribution in [3.63, 3.8) is 0 Å². The topological polar surface area (TPSA) is 64.2 Å². The quantitative estimate of drug-likeness (QED) is 0.915. The Labute approximate surface area is 141 Å². The van der Waals surface area contributed by atoms with Gasteiger partial charge < -0.3 is 5.73 Å². The van der Waals surface area contributed by atoms with E-state index in [2.05, 4.69) is 10.00 Å². The van der Waals surface area contributed by atoms with Crippen LogP contribution in [0.5, 0.6) is 0 Å². The van der Waals surface area contributed by atoms with Crippen LogP contribution in [0.15, 0.2) is 30.3 Å². The Bertz CT molecular complexity index is 725. The minimum absolute atomic E-state index is 0.186. The van der Waals surface area contributed by atoms with Gasteiger partial charge in [-0.05, 0) is 57.0 Å². The molecule has 2 heterocycles. The predicted molar refractivity (Wildman–Crippen MR) is 89.8 cm³/mol. The zero-order valence-electron chi connectivity index (χ0n) is 14.1. The van der Waals surface area contributed by atoms with Crippen molar-refractivity contribution in [2.24, 2.45) is 5.73 Å². The molecule has 0 unspecified atom stereocenters. The third kappa shape index (κ3) is 3.33. The molecular formula is C18H23FN4O. The molecule has 2 aromatic rings. The smallest absolute Gasteiger partial charge is 0.239 e. The second kappa shape index (κ2) is 6.73. The molecule has 128 valence electrons. The van der Waals surface area contributed by atoms with Crippen molar-refractivity contribution in [3.8, 4) is 0 Å². The number of hydrogen-bond donors (Lipinski definition) is 1. The maximum absolute atomic E-state index is 13.2. The number of halogens is 1. The van der Waals surface area contributed by atoms with Crippen molar-refractivity contribution in [1.82, 2.24) is 14.7 Å². The summed E-state index contributed by atoms with van der Waals surface area (Å²) in [7, 11) is 0. The Morgan fingerprint density at radius 2 is 2.08 bits per heavy atom. The molecule has 5 nitrogen and oxygen atoms in total. The lowest BCUT2D eigenvalue weighted by Gasteiger charge is -2.31. The molecule has 0 saturated carbocycles. The Balaban J connectivity index is 1.85. The minimum Gasteiger partial charge on any atom is -0.368 e. The zero-order chi connectivity index (χ0) is 17.3. The van der Waals surface area contributed by atoms with E-state index in [0.717, 1.165) is 42.9 Å². The maximum atomic E-state index is 13.2. The van der Waals surface area contributed by atoms with Gasteiger partial charge >= 0.3 is 0 Å². The van der Waals surface area contributed by atoms with Crippen LogP contribution in [0.4, 0.5) is 4.39 Å². The molecule has 1 amide bonds. The fourth-order valence-corrected chi connectivity index (χ4v) is 3.62. The summed E-state index contributed by atoms with van der Waals surface area (Å²) in [5.41, 5.74) is 8.52. The number of aromatic nitrogens is 2. The number of nitrogens with two attached hydrogens (primary N) is 1. The SMILES string of the molecule is Cc1cc(C)n(C[C@@H]2CCCN2[C@@H](C(N)=O)c2ccc(F)cc2)n1. The van der Waals surface area contributed by atoms with Gasteiger partial charge in [0.2, 0.25) is 5.91 Å². The van der Waals surface area contributed by atoms with Gasteiger partial charge in [-0.15, -0.1) is 0 Å². The number of nitrogens with zero attached hydrogens (tertiary/aromatic N) is 3. The average Bonchev–Trinajstić information content (AvgIpc) is 3.08. The molecule has 6 heteroatoms. The fourth-order valence-electron chi connectivity index (χ4n) is 3.62. The van der Waals surface area contributed by atoms with E-state index in [-0.39, 0.29) is 11.9 Å². The van der Waals surface area contributed by atoms with Crippen molar-refractivity contribution in [2.75, 3.05) is 6.54 Å². The summed E-state index contributed by atoms with van der Waals surface area (Å²) in [5, 5.41) is 4.52. The standard InChI is InChI=1S/C18H23FN4O/c1-12-10-13(2)23(21-12)11-16-4-3-9-22(16)17(18(20)24)14-5-7-15(19)8-6-14/h5-8,10,16-17H,3-4,9,11H2,1-2H3,(H2,20,24)/t16-,17+/m0/s1. The van der Waals surface area contributed by atoms with Crippen LogP contribution < -0.4 is 5.73 Å². The third-order valence-corrected chi connectivity index (χ3v) is 4.70. The second-order valence-electron chi connectivity index (χ2n) is 6.50. The first-order chi connectivity index (χ1) is 11.5. The number of benzene rings is 1. The van der Waals surface area contributed by atoms with Gasteiger partial charge in [-0.1, -0.05) is 12.1 Å². The van der Waals surface area contributed by atoms with E-state index in [1.165, 1.54) is 12.1 Å². The molecule has 2 atom stereocenters. The first-order valence-electron chi connectivity index (χ1n) is 8.27. The predicted octanol–water partition coefficient (Wildman–Crippen LogP) is 2.33. The van der Waals surface area contributed by atoms with Gasteiger partial charge in [-0.25, -0.2) is 4.39 Å². The maximum Gasteiger partial charge on any atom is 0.239 e. The molecule has 1 aliphatic rings. The molecule has 0 aliphatic carbocycles. The monoisotopic (exact) mass is 330 g/mol. The first-order valence-corrected chi connectivity index (χ1v) is 8.27. The highest BCUT2D eigenvalue weighted by Gasteiger charge is 2.35. The summed E-state index contributed by atoms with van der Waals surface area (Å²) in [6.45, 7) is 5.53. The second-order valence-corrected chi connectivity index (χ2v) is 6.50. The fraction of sp³-hybridized carbons (Fsp3) is 0.444. The van der Waals surface area contributed by atoms with Crippen LogP contribution in [0, 0.1) is 19.7 Å². The third-order valence-electron chi connectivity index (χ3n) is 4.70. The summed E-state index contributed by atoms with van der Waals surface area (Å²) >= 11 is 0. The molecule has 1 aromatic carbocycles. The highest BCUT2D eigenvalue weighted by molar-refractivity contribution is 5.81. The lowest BCUT2D eigenvalue weighted by atomic mass is 10.0. The molecule has 24 heavy (non-hydrogen) atoms. The van der Waals surface area contributed by atoms with Crippen LogP contribution in [0.25, 0.3) is 0 Å². The molecule has 0 spiro atoms. The summed E-state index contributed by atoms with van der Waals surface area (Å²) in [4.78, 5) is 14.2. The molecule has 1 aliphatic heterocycles. The molecule has 0 bridgehead atoms. The van der Waals surface area contributed by atoms with E-state index < -0.39 is 11.9 Å². The van der Waals surface area contributed by atoms with Gasteiger partial charge in [0, 0.05) is 11.7 Å². The number of hydrogen-bond acceptors (Lipinski definition) is 3. The normalized spacial score (nSPS) is 19.5. The largest absolute Gasteiger partial charge is 0.368 e.